The van der Waals surface area contributed by atoms with Crippen LogP contribution in [0.15, 0.2) is 36.7 Å². The molecule has 0 spiro atoms. The molecule has 6 nitrogen and oxygen atoms in total. The fraction of sp³-hybridized carbons (Fsp3) is 0.333. The van der Waals surface area contributed by atoms with Gasteiger partial charge >= 0.3 is 5.97 Å². The number of rotatable bonds is 7. The fourth-order valence-corrected chi connectivity index (χ4v) is 1.94. The zero-order valence-electron chi connectivity index (χ0n) is 12.2. The van der Waals surface area contributed by atoms with Crippen molar-refractivity contribution in [1.29, 1.82) is 0 Å². The van der Waals surface area contributed by atoms with Crippen LogP contribution in [0.4, 0.5) is 5.69 Å². The van der Waals surface area contributed by atoms with Gasteiger partial charge in [-0.3, -0.25) is 4.68 Å². The van der Waals surface area contributed by atoms with Gasteiger partial charge < -0.3 is 14.8 Å². The van der Waals surface area contributed by atoms with E-state index in [0.29, 0.717) is 25.3 Å². The second-order valence-electron chi connectivity index (χ2n) is 4.49. The van der Waals surface area contributed by atoms with Crippen molar-refractivity contribution >= 4 is 11.7 Å². The summed E-state index contributed by atoms with van der Waals surface area (Å²) in [5, 5.41) is 7.47. The summed E-state index contributed by atoms with van der Waals surface area (Å²) in [6.45, 7) is 1.85. The van der Waals surface area contributed by atoms with E-state index in [0.717, 1.165) is 11.3 Å². The second-order valence-corrected chi connectivity index (χ2v) is 4.49. The molecule has 0 aliphatic carbocycles. The maximum atomic E-state index is 11.7. The molecule has 1 N–H and O–H groups in total. The van der Waals surface area contributed by atoms with Crippen molar-refractivity contribution < 1.29 is 14.3 Å². The quantitative estimate of drug-likeness (QED) is 0.789. The smallest absolute Gasteiger partial charge is 0.338 e. The molecule has 0 aliphatic heterocycles. The van der Waals surface area contributed by atoms with E-state index in [1.807, 2.05) is 24.4 Å². The average Bonchev–Trinajstić information content (AvgIpc) is 2.98. The van der Waals surface area contributed by atoms with Crippen molar-refractivity contribution in [3.05, 3.63) is 47.8 Å². The Morgan fingerprint density at radius 2 is 2.14 bits per heavy atom. The number of hydrogen-bond donors (Lipinski definition) is 1. The van der Waals surface area contributed by atoms with Crippen molar-refractivity contribution in [2.24, 2.45) is 0 Å². The Labute approximate surface area is 123 Å². The lowest BCUT2D eigenvalue weighted by molar-refractivity contribution is 0.0599. The van der Waals surface area contributed by atoms with Crippen LogP contribution in [0, 0.1) is 0 Å². The van der Waals surface area contributed by atoms with Crippen LogP contribution in [0.25, 0.3) is 0 Å². The van der Waals surface area contributed by atoms with Crippen LogP contribution in [0.3, 0.4) is 0 Å². The van der Waals surface area contributed by atoms with Gasteiger partial charge in [-0.2, -0.15) is 5.10 Å². The Balaban J connectivity index is 2.00. The maximum absolute atomic E-state index is 11.7. The van der Waals surface area contributed by atoms with Crippen molar-refractivity contribution in [3.8, 4) is 0 Å². The first-order valence-corrected chi connectivity index (χ1v) is 6.66. The van der Waals surface area contributed by atoms with E-state index in [9.17, 15) is 4.79 Å². The first-order valence-electron chi connectivity index (χ1n) is 6.66. The minimum absolute atomic E-state index is 0.330. The van der Waals surface area contributed by atoms with Gasteiger partial charge in [-0.15, -0.1) is 0 Å². The molecular formula is C15H19N3O3. The summed E-state index contributed by atoms with van der Waals surface area (Å²) >= 11 is 0. The molecule has 112 valence electrons. The molecule has 1 aromatic carbocycles. The van der Waals surface area contributed by atoms with Crippen LogP contribution in [0.2, 0.25) is 0 Å². The highest BCUT2D eigenvalue weighted by molar-refractivity contribution is 5.91. The van der Waals surface area contributed by atoms with Crippen LogP contribution in [-0.2, 0) is 22.6 Å². The molecule has 0 bridgehead atoms. The normalized spacial score (nSPS) is 10.4. The van der Waals surface area contributed by atoms with Crippen molar-refractivity contribution in [2.75, 3.05) is 26.1 Å². The molecule has 2 aromatic rings. The highest BCUT2D eigenvalue weighted by Crippen LogP contribution is 2.13. The van der Waals surface area contributed by atoms with Gasteiger partial charge in [0.25, 0.3) is 0 Å². The third kappa shape index (κ3) is 4.06. The minimum atomic E-state index is -0.330. The van der Waals surface area contributed by atoms with Crippen molar-refractivity contribution in [3.63, 3.8) is 0 Å². The van der Waals surface area contributed by atoms with Gasteiger partial charge in [0, 0.05) is 19.9 Å². The molecule has 0 radical (unpaired) electrons. The lowest BCUT2D eigenvalue weighted by Crippen LogP contribution is -2.09. The van der Waals surface area contributed by atoms with E-state index in [1.54, 1.807) is 24.1 Å². The average molecular weight is 289 g/mol. The summed E-state index contributed by atoms with van der Waals surface area (Å²) in [7, 11) is 3.04. The monoisotopic (exact) mass is 289 g/mol. The van der Waals surface area contributed by atoms with Gasteiger partial charge in [0.1, 0.15) is 0 Å². The number of methoxy groups -OCH3 is 2. The summed E-state index contributed by atoms with van der Waals surface area (Å²) < 4.78 is 11.6. The number of aromatic nitrogens is 2. The van der Waals surface area contributed by atoms with Crippen LogP contribution < -0.4 is 5.32 Å². The summed E-state index contributed by atoms with van der Waals surface area (Å²) in [4.78, 5) is 11.7. The lowest BCUT2D eigenvalue weighted by atomic mass is 10.1. The molecule has 1 heterocycles. The Bertz CT molecular complexity index is 595. The van der Waals surface area contributed by atoms with E-state index in [-0.39, 0.29) is 5.97 Å². The number of carbonyl (C=O) groups is 1. The number of nitrogens with zero attached hydrogens (tertiary/aromatic N) is 2. The molecule has 0 fully saturated rings. The van der Waals surface area contributed by atoms with Gasteiger partial charge in [0.05, 0.1) is 37.7 Å². The molecule has 0 amide bonds. The number of nitrogens with one attached hydrogen (secondary N) is 1. The predicted molar refractivity (Wildman–Crippen MR) is 79.2 cm³/mol. The summed E-state index contributed by atoms with van der Waals surface area (Å²) in [5.41, 5.74) is 2.35. The zero-order valence-corrected chi connectivity index (χ0v) is 12.2. The number of hydrogen-bond acceptors (Lipinski definition) is 5. The SMILES string of the molecule is COCCn1cc(NCc2ccccc2C(=O)OC)cn1. The number of carbonyl (C=O) groups excluding carboxylic acids is 1. The van der Waals surface area contributed by atoms with Crippen LogP contribution in [0.1, 0.15) is 15.9 Å². The van der Waals surface area contributed by atoms with Gasteiger partial charge in [-0.05, 0) is 11.6 Å². The zero-order chi connectivity index (χ0) is 15.1. The van der Waals surface area contributed by atoms with Crippen molar-refractivity contribution in [2.45, 2.75) is 13.1 Å². The molecule has 1 aromatic heterocycles. The number of benzene rings is 1. The molecule has 0 saturated carbocycles. The van der Waals surface area contributed by atoms with E-state index >= 15 is 0 Å². The Morgan fingerprint density at radius 3 is 2.90 bits per heavy atom. The van der Waals surface area contributed by atoms with Gasteiger partial charge in [-0.1, -0.05) is 18.2 Å². The largest absolute Gasteiger partial charge is 0.465 e. The summed E-state index contributed by atoms with van der Waals surface area (Å²) in [6, 6.07) is 7.36. The Kier molecular flexibility index (Phi) is 5.34. The first-order chi connectivity index (χ1) is 10.2. The van der Waals surface area contributed by atoms with Gasteiger partial charge in [0.15, 0.2) is 0 Å². The number of ether oxygens (including phenoxy) is 2. The minimum Gasteiger partial charge on any atom is -0.465 e. The predicted octanol–water partition coefficient (Wildman–Crippen LogP) is 1.93. The highest BCUT2D eigenvalue weighted by Gasteiger charge is 2.10. The molecule has 0 atom stereocenters. The molecule has 21 heavy (non-hydrogen) atoms. The van der Waals surface area contributed by atoms with E-state index in [4.69, 9.17) is 9.47 Å². The molecule has 0 unspecified atom stereocenters. The molecule has 0 saturated heterocycles. The fourth-order valence-electron chi connectivity index (χ4n) is 1.94. The summed E-state index contributed by atoms with van der Waals surface area (Å²) in [5.74, 6) is -0.330. The molecular weight excluding hydrogens is 270 g/mol. The van der Waals surface area contributed by atoms with Gasteiger partial charge in [-0.25, -0.2) is 4.79 Å². The molecule has 6 heteroatoms. The standard InChI is InChI=1S/C15H19N3O3/c1-20-8-7-18-11-13(10-17-18)16-9-12-5-3-4-6-14(12)15(19)21-2/h3-6,10-11,16H,7-9H2,1-2H3. The van der Waals surface area contributed by atoms with E-state index < -0.39 is 0 Å². The third-order valence-electron chi connectivity index (χ3n) is 3.06. The third-order valence-corrected chi connectivity index (χ3v) is 3.06. The van der Waals surface area contributed by atoms with Crippen molar-refractivity contribution in [1.82, 2.24) is 9.78 Å². The topological polar surface area (TPSA) is 65.4 Å². The number of anilines is 1. The molecule has 0 aliphatic rings. The van der Waals surface area contributed by atoms with Crippen LogP contribution >= 0.6 is 0 Å². The van der Waals surface area contributed by atoms with E-state index in [1.165, 1.54) is 7.11 Å². The second kappa shape index (κ2) is 7.44. The van der Waals surface area contributed by atoms with Crippen LogP contribution in [0.5, 0.6) is 0 Å². The Morgan fingerprint density at radius 1 is 1.33 bits per heavy atom. The molecule has 2 rings (SSSR count). The maximum Gasteiger partial charge on any atom is 0.338 e. The Hall–Kier alpha value is -2.34. The lowest BCUT2D eigenvalue weighted by Gasteiger charge is -2.08. The van der Waals surface area contributed by atoms with Crippen LogP contribution in [-0.4, -0.2) is 36.6 Å². The summed E-state index contributed by atoms with van der Waals surface area (Å²) in [6.07, 6.45) is 3.65. The van der Waals surface area contributed by atoms with Gasteiger partial charge in [0.2, 0.25) is 0 Å². The highest BCUT2D eigenvalue weighted by atomic mass is 16.5. The first kappa shape index (κ1) is 15.1. The number of esters is 1. The van der Waals surface area contributed by atoms with E-state index in [2.05, 4.69) is 10.4 Å².